The Morgan fingerprint density at radius 2 is 2.12 bits per heavy atom. The molecule has 0 spiro atoms. The van der Waals surface area contributed by atoms with Crippen molar-refractivity contribution in [3.05, 3.63) is 57.8 Å². The monoisotopic (exact) mass is 480 g/mol. The number of thioether (sulfide) groups is 1. The normalized spacial score (nSPS) is 13.7. The highest BCUT2D eigenvalue weighted by molar-refractivity contribution is 14.1. The molecule has 1 amide bonds. The van der Waals surface area contributed by atoms with Gasteiger partial charge < -0.3 is 9.73 Å². The number of furan rings is 1. The minimum Gasteiger partial charge on any atom is -0.467 e. The second kappa shape index (κ2) is 7.83. The van der Waals surface area contributed by atoms with E-state index in [4.69, 9.17) is 4.42 Å². The van der Waals surface area contributed by atoms with Gasteiger partial charge in [0.1, 0.15) is 11.6 Å². The predicted octanol–water partition coefficient (Wildman–Crippen LogP) is 4.13. The summed E-state index contributed by atoms with van der Waals surface area (Å²) in [7, 11) is 0. The molecule has 134 valence electrons. The minimum atomic E-state index is -0.0559. The topological polar surface area (TPSA) is 73.0 Å². The quantitative estimate of drug-likeness (QED) is 0.407. The van der Waals surface area contributed by atoms with Crippen molar-refractivity contribution in [3.8, 4) is 0 Å². The number of halogens is 1. The maximum Gasteiger partial charge on any atom is 0.234 e. The van der Waals surface area contributed by atoms with Crippen LogP contribution in [0.2, 0.25) is 0 Å². The van der Waals surface area contributed by atoms with E-state index in [-0.39, 0.29) is 11.7 Å². The summed E-state index contributed by atoms with van der Waals surface area (Å²) in [5, 5.41) is 12.4. The highest BCUT2D eigenvalue weighted by Crippen LogP contribution is 2.40. The Kier molecular flexibility index (Phi) is 5.30. The maximum absolute atomic E-state index is 12.3. The fourth-order valence-corrected chi connectivity index (χ4v) is 3.90. The Morgan fingerprint density at radius 1 is 1.27 bits per heavy atom. The standard InChI is InChI=1S/C18H17IN4O2S/c19-14-5-1-2-6-15(14)20-16(24)11-26-18-22-21-17(12-7-8-12)23(18)10-13-4-3-9-25-13/h1-6,9,12H,7-8,10-11H2,(H,20,24). The number of hydrogen-bond donors (Lipinski definition) is 1. The van der Waals surface area contributed by atoms with E-state index in [0.29, 0.717) is 12.5 Å². The summed E-state index contributed by atoms with van der Waals surface area (Å²) in [6.45, 7) is 0.590. The SMILES string of the molecule is O=C(CSc1nnc(C2CC2)n1Cc1ccco1)Nc1ccccc1I. The Hall–Kier alpha value is -1.81. The molecule has 1 aliphatic carbocycles. The lowest BCUT2D eigenvalue weighted by Crippen LogP contribution is -2.15. The summed E-state index contributed by atoms with van der Waals surface area (Å²) in [6.07, 6.45) is 3.96. The molecule has 6 nitrogen and oxygen atoms in total. The number of aromatic nitrogens is 3. The van der Waals surface area contributed by atoms with Crippen LogP contribution in [0, 0.1) is 3.57 Å². The van der Waals surface area contributed by atoms with Gasteiger partial charge in [-0.25, -0.2) is 0 Å². The lowest BCUT2D eigenvalue weighted by atomic mass is 10.3. The molecule has 1 aromatic carbocycles. The van der Waals surface area contributed by atoms with E-state index >= 15 is 0 Å². The summed E-state index contributed by atoms with van der Waals surface area (Å²) >= 11 is 3.61. The van der Waals surface area contributed by atoms with E-state index in [9.17, 15) is 4.79 Å². The Labute approximate surface area is 168 Å². The molecule has 26 heavy (non-hydrogen) atoms. The molecule has 1 N–H and O–H groups in total. The van der Waals surface area contributed by atoms with Gasteiger partial charge in [-0.3, -0.25) is 9.36 Å². The van der Waals surface area contributed by atoms with Crippen LogP contribution in [-0.2, 0) is 11.3 Å². The summed E-state index contributed by atoms with van der Waals surface area (Å²) in [5.74, 6) is 2.55. The van der Waals surface area contributed by atoms with Crippen molar-refractivity contribution < 1.29 is 9.21 Å². The largest absolute Gasteiger partial charge is 0.467 e. The predicted molar refractivity (Wildman–Crippen MR) is 108 cm³/mol. The van der Waals surface area contributed by atoms with E-state index in [2.05, 4.69) is 42.7 Å². The number of amides is 1. The Morgan fingerprint density at radius 3 is 2.85 bits per heavy atom. The van der Waals surface area contributed by atoms with Crippen LogP contribution >= 0.6 is 34.4 Å². The fraction of sp³-hybridized carbons (Fsp3) is 0.278. The van der Waals surface area contributed by atoms with Crippen molar-refractivity contribution in [2.45, 2.75) is 30.5 Å². The second-order valence-electron chi connectivity index (χ2n) is 6.10. The summed E-state index contributed by atoms with van der Waals surface area (Å²) < 4.78 is 8.55. The second-order valence-corrected chi connectivity index (χ2v) is 8.20. The summed E-state index contributed by atoms with van der Waals surface area (Å²) in [6, 6.07) is 11.5. The van der Waals surface area contributed by atoms with Gasteiger partial charge in [0, 0.05) is 9.49 Å². The first-order chi connectivity index (χ1) is 12.7. The molecule has 1 saturated carbocycles. The molecule has 0 aliphatic heterocycles. The number of rotatable bonds is 7. The first-order valence-corrected chi connectivity index (χ1v) is 10.4. The molecule has 0 unspecified atom stereocenters. The molecule has 3 aromatic rings. The van der Waals surface area contributed by atoms with E-state index in [1.165, 1.54) is 11.8 Å². The number of hydrogen-bond acceptors (Lipinski definition) is 5. The number of benzene rings is 1. The van der Waals surface area contributed by atoms with Crippen molar-refractivity contribution in [1.82, 2.24) is 14.8 Å². The zero-order valence-electron chi connectivity index (χ0n) is 13.9. The molecule has 1 aliphatic rings. The smallest absolute Gasteiger partial charge is 0.234 e. The van der Waals surface area contributed by atoms with Crippen molar-refractivity contribution in [3.63, 3.8) is 0 Å². The summed E-state index contributed by atoms with van der Waals surface area (Å²) in [4.78, 5) is 12.3. The molecular formula is C18H17IN4O2S. The van der Waals surface area contributed by atoms with Gasteiger partial charge >= 0.3 is 0 Å². The molecule has 8 heteroatoms. The third kappa shape index (κ3) is 4.12. The number of nitrogens with one attached hydrogen (secondary N) is 1. The van der Waals surface area contributed by atoms with Gasteiger partial charge in [-0.1, -0.05) is 23.9 Å². The number of para-hydroxylation sites is 1. The van der Waals surface area contributed by atoms with Crippen molar-refractivity contribution in [2.75, 3.05) is 11.1 Å². The number of nitrogens with zero attached hydrogens (tertiary/aromatic N) is 3. The van der Waals surface area contributed by atoms with Gasteiger partial charge in [-0.15, -0.1) is 10.2 Å². The van der Waals surface area contributed by atoms with Gasteiger partial charge in [0.05, 0.1) is 24.2 Å². The fourth-order valence-electron chi connectivity index (χ4n) is 2.64. The van der Waals surface area contributed by atoms with E-state index in [0.717, 1.165) is 38.8 Å². The van der Waals surface area contributed by atoms with Gasteiger partial charge in [0.15, 0.2) is 5.16 Å². The highest BCUT2D eigenvalue weighted by atomic mass is 127. The Balaban J connectivity index is 1.44. The van der Waals surface area contributed by atoms with Crippen LogP contribution in [0.4, 0.5) is 5.69 Å². The van der Waals surface area contributed by atoms with Crippen molar-refractivity contribution >= 4 is 45.9 Å². The molecule has 2 heterocycles. The van der Waals surface area contributed by atoms with Gasteiger partial charge in [-0.2, -0.15) is 0 Å². The number of carbonyl (C=O) groups excluding carboxylic acids is 1. The molecule has 0 atom stereocenters. The van der Waals surface area contributed by atoms with Crippen LogP contribution in [0.1, 0.15) is 30.3 Å². The molecule has 0 radical (unpaired) electrons. The first kappa shape index (κ1) is 17.6. The summed E-state index contributed by atoms with van der Waals surface area (Å²) in [5.41, 5.74) is 0.828. The average Bonchev–Trinajstić information content (AvgIpc) is 3.20. The lowest BCUT2D eigenvalue weighted by molar-refractivity contribution is -0.113. The zero-order chi connectivity index (χ0) is 17.9. The lowest BCUT2D eigenvalue weighted by Gasteiger charge is -2.09. The average molecular weight is 480 g/mol. The van der Waals surface area contributed by atoms with E-state index in [1.54, 1.807) is 6.26 Å². The van der Waals surface area contributed by atoms with Crippen LogP contribution in [-0.4, -0.2) is 26.4 Å². The molecule has 1 fully saturated rings. The molecular weight excluding hydrogens is 463 g/mol. The number of anilines is 1. The van der Waals surface area contributed by atoms with Crippen molar-refractivity contribution in [2.24, 2.45) is 0 Å². The third-order valence-corrected chi connectivity index (χ3v) is 5.97. The van der Waals surface area contributed by atoms with Gasteiger partial charge in [-0.05, 0) is 59.7 Å². The van der Waals surface area contributed by atoms with Crippen LogP contribution in [0.3, 0.4) is 0 Å². The molecule has 0 saturated heterocycles. The van der Waals surface area contributed by atoms with Crippen LogP contribution in [0.15, 0.2) is 52.2 Å². The minimum absolute atomic E-state index is 0.0559. The first-order valence-electron chi connectivity index (χ1n) is 8.33. The maximum atomic E-state index is 12.3. The van der Waals surface area contributed by atoms with Crippen LogP contribution in [0.25, 0.3) is 0 Å². The molecule has 4 rings (SSSR count). The molecule has 0 bridgehead atoms. The van der Waals surface area contributed by atoms with Crippen LogP contribution < -0.4 is 5.32 Å². The Bertz CT molecular complexity index is 906. The van der Waals surface area contributed by atoms with E-state index < -0.39 is 0 Å². The third-order valence-electron chi connectivity index (χ3n) is 4.06. The number of carbonyl (C=O) groups is 1. The van der Waals surface area contributed by atoms with Gasteiger partial charge in [0.25, 0.3) is 0 Å². The van der Waals surface area contributed by atoms with E-state index in [1.807, 2.05) is 36.4 Å². The highest BCUT2D eigenvalue weighted by Gasteiger charge is 2.30. The van der Waals surface area contributed by atoms with Gasteiger partial charge in [0.2, 0.25) is 5.91 Å². The molecule has 2 aromatic heterocycles. The zero-order valence-corrected chi connectivity index (χ0v) is 16.9. The van der Waals surface area contributed by atoms with Crippen molar-refractivity contribution in [1.29, 1.82) is 0 Å². The van der Waals surface area contributed by atoms with Crippen LogP contribution in [0.5, 0.6) is 0 Å².